The summed E-state index contributed by atoms with van der Waals surface area (Å²) in [5.41, 5.74) is -0.393. The Hall–Kier alpha value is 0.390. The van der Waals surface area contributed by atoms with Crippen LogP contribution < -0.4 is 4.72 Å². The van der Waals surface area contributed by atoms with E-state index in [1.54, 1.807) is 0 Å². The third-order valence-electron chi connectivity index (χ3n) is 2.74. The van der Waals surface area contributed by atoms with E-state index >= 15 is 0 Å². The molecule has 0 aliphatic heterocycles. The molecule has 1 fully saturated rings. The number of nitrogens with one attached hydrogen (secondary N) is 1. The molecule has 0 radical (unpaired) electrons. The topological polar surface area (TPSA) is 46.2 Å². The normalized spacial score (nSPS) is 20.5. The molecule has 0 bridgehead atoms. The van der Waals surface area contributed by atoms with Gasteiger partial charge in [-0.1, -0.05) is 35.2 Å². The second kappa shape index (κ2) is 5.15. The van der Waals surface area contributed by atoms with Crippen LogP contribution in [0.15, 0.2) is 0 Å². The first kappa shape index (κ1) is 13.5. The van der Waals surface area contributed by atoms with E-state index in [4.69, 9.17) is 0 Å². The lowest BCUT2D eigenvalue weighted by Crippen LogP contribution is -2.48. The number of halogens is 1. The van der Waals surface area contributed by atoms with Gasteiger partial charge in [0.25, 0.3) is 0 Å². The van der Waals surface area contributed by atoms with E-state index in [9.17, 15) is 8.42 Å². The molecule has 1 aliphatic carbocycles. The first-order valence-corrected chi connectivity index (χ1v) is 8.13. The quantitative estimate of drug-likeness (QED) is 0.810. The lowest BCUT2D eigenvalue weighted by Gasteiger charge is -2.28. The molecule has 1 rings (SSSR count). The molecule has 1 N–H and O–H groups in total. The molecule has 90 valence electrons. The van der Waals surface area contributed by atoms with Crippen LogP contribution in [-0.2, 0) is 10.0 Å². The van der Waals surface area contributed by atoms with Crippen molar-refractivity contribution in [2.24, 2.45) is 0 Å². The van der Waals surface area contributed by atoms with E-state index in [0.717, 1.165) is 25.7 Å². The maximum atomic E-state index is 12.0. The molecule has 15 heavy (non-hydrogen) atoms. The fourth-order valence-corrected chi connectivity index (χ4v) is 4.16. The molecule has 0 heterocycles. The Kier molecular flexibility index (Phi) is 4.62. The summed E-state index contributed by atoms with van der Waals surface area (Å²) in [5.74, 6) is 0. The molecule has 0 aromatic heterocycles. The number of alkyl halides is 1. The monoisotopic (exact) mass is 297 g/mol. The summed E-state index contributed by atoms with van der Waals surface area (Å²) in [6.45, 7) is 3.78. The van der Waals surface area contributed by atoms with E-state index in [0.29, 0.717) is 5.33 Å². The Balaban J connectivity index is 2.65. The minimum atomic E-state index is -3.13. The third-order valence-corrected chi connectivity index (χ3v) is 6.33. The summed E-state index contributed by atoms with van der Waals surface area (Å²) in [7, 11) is -3.13. The summed E-state index contributed by atoms with van der Waals surface area (Å²) in [5, 5.41) is 0.455. The predicted octanol–water partition coefficient (Wildman–Crippen LogP) is 2.41. The van der Waals surface area contributed by atoms with Crippen molar-refractivity contribution in [3.63, 3.8) is 0 Å². The Labute approximate surface area is 101 Å². The molecule has 0 spiro atoms. The minimum Gasteiger partial charge on any atom is -0.212 e. The van der Waals surface area contributed by atoms with Gasteiger partial charge < -0.3 is 0 Å². The smallest absolute Gasteiger partial charge is 0.212 e. The van der Waals surface area contributed by atoms with Crippen molar-refractivity contribution in [3.05, 3.63) is 0 Å². The average molecular weight is 298 g/mol. The SMILES string of the molecule is CC(C)(CBr)NS(=O)(=O)C1CCCCC1. The highest BCUT2D eigenvalue weighted by Crippen LogP contribution is 2.24. The maximum absolute atomic E-state index is 12.0. The lowest BCUT2D eigenvalue weighted by molar-refractivity contribution is 0.453. The van der Waals surface area contributed by atoms with Gasteiger partial charge in [0.05, 0.1) is 5.25 Å². The molecule has 1 aliphatic rings. The van der Waals surface area contributed by atoms with Gasteiger partial charge in [-0.05, 0) is 26.7 Å². The van der Waals surface area contributed by atoms with Crippen molar-refractivity contribution in [1.29, 1.82) is 0 Å². The van der Waals surface area contributed by atoms with E-state index < -0.39 is 15.6 Å². The van der Waals surface area contributed by atoms with Gasteiger partial charge in [0.15, 0.2) is 0 Å². The van der Waals surface area contributed by atoms with Crippen LogP contribution in [0.1, 0.15) is 46.0 Å². The van der Waals surface area contributed by atoms with Crippen LogP contribution in [0.2, 0.25) is 0 Å². The summed E-state index contributed by atoms with van der Waals surface area (Å²) in [4.78, 5) is 0. The van der Waals surface area contributed by atoms with Gasteiger partial charge in [-0.25, -0.2) is 13.1 Å². The van der Waals surface area contributed by atoms with Gasteiger partial charge in [0.2, 0.25) is 10.0 Å². The van der Waals surface area contributed by atoms with Crippen LogP contribution in [0.4, 0.5) is 0 Å². The van der Waals surface area contributed by atoms with E-state index in [1.165, 1.54) is 6.42 Å². The summed E-state index contributed by atoms with van der Waals surface area (Å²) < 4.78 is 26.8. The number of sulfonamides is 1. The van der Waals surface area contributed by atoms with Gasteiger partial charge in [-0.2, -0.15) is 0 Å². The Morgan fingerprint density at radius 3 is 2.27 bits per heavy atom. The van der Waals surface area contributed by atoms with Gasteiger partial charge in [-0.15, -0.1) is 0 Å². The zero-order valence-electron chi connectivity index (χ0n) is 9.42. The molecule has 0 aromatic rings. The highest BCUT2D eigenvalue weighted by molar-refractivity contribution is 9.09. The first-order chi connectivity index (χ1) is 6.87. The average Bonchev–Trinajstić information content (AvgIpc) is 2.18. The zero-order chi connectivity index (χ0) is 11.5. The number of hydrogen-bond donors (Lipinski definition) is 1. The molecule has 5 heteroatoms. The molecule has 0 unspecified atom stereocenters. The van der Waals surface area contributed by atoms with E-state index in [2.05, 4.69) is 20.7 Å². The van der Waals surface area contributed by atoms with Crippen molar-refractivity contribution in [1.82, 2.24) is 4.72 Å². The molecule has 0 saturated heterocycles. The second-order valence-electron chi connectivity index (χ2n) is 4.92. The molecule has 0 atom stereocenters. The second-order valence-corrected chi connectivity index (χ2v) is 7.45. The molecular formula is C10H20BrNO2S. The molecule has 0 aromatic carbocycles. The molecule has 3 nitrogen and oxygen atoms in total. The third kappa shape index (κ3) is 4.04. The summed E-state index contributed by atoms with van der Waals surface area (Å²) in [6, 6.07) is 0. The minimum absolute atomic E-state index is 0.176. The fourth-order valence-electron chi connectivity index (χ4n) is 1.87. The lowest BCUT2D eigenvalue weighted by atomic mass is 10.0. The highest BCUT2D eigenvalue weighted by Gasteiger charge is 2.31. The van der Waals surface area contributed by atoms with Crippen molar-refractivity contribution in [2.45, 2.75) is 56.7 Å². The van der Waals surface area contributed by atoms with Crippen molar-refractivity contribution < 1.29 is 8.42 Å². The van der Waals surface area contributed by atoms with Gasteiger partial charge in [0.1, 0.15) is 0 Å². The maximum Gasteiger partial charge on any atom is 0.214 e. The first-order valence-electron chi connectivity index (χ1n) is 5.46. The highest BCUT2D eigenvalue weighted by atomic mass is 79.9. The fraction of sp³-hybridized carbons (Fsp3) is 1.00. The summed E-state index contributed by atoms with van der Waals surface area (Å²) in [6.07, 6.45) is 4.88. The van der Waals surface area contributed by atoms with Crippen LogP contribution in [0.25, 0.3) is 0 Å². The zero-order valence-corrected chi connectivity index (χ0v) is 11.8. The Bertz CT molecular complexity index is 295. The number of hydrogen-bond acceptors (Lipinski definition) is 2. The Morgan fingerprint density at radius 2 is 1.80 bits per heavy atom. The van der Waals surface area contributed by atoms with Crippen LogP contribution in [-0.4, -0.2) is 24.5 Å². The van der Waals surface area contributed by atoms with Gasteiger partial charge in [0, 0.05) is 10.9 Å². The molecule has 1 saturated carbocycles. The number of rotatable bonds is 4. The largest absolute Gasteiger partial charge is 0.214 e. The van der Waals surface area contributed by atoms with Crippen LogP contribution in [0.3, 0.4) is 0 Å². The van der Waals surface area contributed by atoms with Crippen molar-refractivity contribution in [3.8, 4) is 0 Å². The molecule has 0 amide bonds. The Morgan fingerprint density at radius 1 is 1.27 bits per heavy atom. The van der Waals surface area contributed by atoms with Gasteiger partial charge >= 0.3 is 0 Å². The van der Waals surface area contributed by atoms with Crippen LogP contribution in [0, 0.1) is 0 Å². The van der Waals surface area contributed by atoms with Crippen molar-refractivity contribution >= 4 is 26.0 Å². The predicted molar refractivity (Wildman–Crippen MR) is 66.8 cm³/mol. The van der Waals surface area contributed by atoms with E-state index in [-0.39, 0.29) is 5.25 Å². The van der Waals surface area contributed by atoms with Crippen LogP contribution >= 0.6 is 15.9 Å². The summed E-state index contributed by atoms with van der Waals surface area (Å²) >= 11 is 3.32. The standard InChI is InChI=1S/C10H20BrNO2S/c1-10(2,8-11)12-15(13,14)9-6-4-3-5-7-9/h9,12H,3-8H2,1-2H3. The van der Waals surface area contributed by atoms with Crippen LogP contribution in [0.5, 0.6) is 0 Å². The van der Waals surface area contributed by atoms with Gasteiger partial charge in [-0.3, -0.25) is 0 Å². The molecular weight excluding hydrogens is 278 g/mol. The van der Waals surface area contributed by atoms with E-state index in [1.807, 2.05) is 13.8 Å². The van der Waals surface area contributed by atoms with Crippen molar-refractivity contribution in [2.75, 3.05) is 5.33 Å².